The number of rotatable bonds is 6. The second-order valence-electron chi connectivity index (χ2n) is 5.19. The zero-order valence-electron chi connectivity index (χ0n) is 12.9. The van der Waals surface area contributed by atoms with E-state index in [-0.39, 0.29) is 5.91 Å². The van der Waals surface area contributed by atoms with Crippen molar-refractivity contribution in [2.24, 2.45) is 0 Å². The van der Waals surface area contributed by atoms with Gasteiger partial charge in [0.25, 0.3) is 0 Å². The van der Waals surface area contributed by atoms with Crippen molar-refractivity contribution in [3.63, 3.8) is 0 Å². The van der Waals surface area contributed by atoms with Crippen LogP contribution in [0, 0.1) is 0 Å². The molecule has 1 heterocycles. The number of aryl methyl sites for hydroxylation is 1. The van der Waals surface area contributed by atoms with Crippen LogP contribution in [0.3, 0.4) is 0 Å². The number of anilines is 1. The maximum Gasteiger partial charge on any atom is 0.221 e. The van der Waals surface area contributed by atoms with Crippen molar-refractivity contribution < 1.29 is 9.53 Å². The van der Waals surface area contributed by atoms with E-state index < -0.39 is 0 Å². The lowest BCUT2D eigenvalue weighted by Gasteiger charge is -2.10. The molecule has 0 saturated heterocycles. The summed E-state index contributed by atoms with van der Waals surface area (Å²) in [6.45, 7) is 3.69. The minimum Gasteiger partial charge on any atom is -0.496 e. The summed E-state index contributed by atoms with van der Waals surface area (Å²) in [5.41, 5.74) is 2.71. The van der Waals surface area contributed by atoms with E-state index in [2.05, 4.69) is 17.2 Å². The van der Waals surface area contributed by atoms with Crippen molar-refractivity contribution in [2.75, 3.05) is 12.4 Å². The van der Waals surface area contributed by atoms with Crippen molar-refractivity contribution in [3.05, 3.63) is 30.0 Å². The first-order valence-corrected chi connectivity index (χ1v) is 7.39. The molecule has 0 radical (unpaired) electrons. The van der Waals surface area contributed by atoms with Gasteiger partial charge >= 0.3 is 0 Å². The van der Waals surface area contributed by atoms with E-state index in [0.717, 1.165) is 40.9 Å². The molecule has 1 aromatic heterocycles. The van der Waals surface area contributed by atoms with E-state index >= 15 is 0 Å². The molecule has 4 heteroatoms. The number of aromatic nitrogens is 1. The molecule has 0 bridgehead atoms. The van der Waals surface area contributed by atoms with Gasteiger partial charge in [-0.3, -0.25) is 9.78 Å². The fraction of sp³-hybridized carbons (Fsp3) is 0.412. The van der Waals surface area contributed by atoms with E-state index in [1.54, 1.807) is 7.11 Å². The number of pyridine rings is 1. The van der Waals surface area contributed by atoms with Crippen molar-refractivity contribution in [3.8, 4) is 5.75 Å². The minimum absolute atomic E-state index is 0.0857. The summed E-state index contributed by atoms with van der Waals surface area (Å²) >= 11 is 0. The number of nitrogens with zero attached hydrogens (tertiary/aromatic N) is 1. The molecule has 0 aliphatic heterocycles. The second kappa shape index (κ2) is 7.07. The monoisotopic (exact) mass is 286 g/mol. The number of hydrogen-bond acceptors (Lipinski definition) is 3. The number of amides is 1. The Bertz CT molecular complexity index is 638. The van der Waals surface area contributed by atoms with Gasteiger partial charge in [-0.2, -0.15) is 0 Å². The summed E-state index contributed by atoms with van der Waals surface area (Å²) in [5, 5.41) is 3.70. The largest absolute Gasteiger partial charge is 0.496 e. The number of ether oxygens (including phenoxy) is 1. The van der Waals surface area contributed by atoms with Gasteiger partial charge in [0.05, 0.1) is 12.6 Å². The number of carbonyl (C=O) groups excluding carboxylic acids is 1. The van der Waals surface area contributed by atoms with E-state index in [1.165, 1.54) is 19.8 Å². The molecule has 1 amide bonds. The summed E-state index contributed by atoms with van der Waals surface area (Å²) < 4.78 is 5.48. The third-order valence-corrected chi connectivity index (χ3v) is 3.40. The van der Waals surface area contributed by atoms with Crippen molar-refractivity contribution >= 4 is 22.5 Å². The Morgan fingerprint density at radius 2 is 2.10 bits per heavy atom. The molecule has 0 atom stereocenters. The zero-order valence-corrected chi connectivity index (χ0v) is 12.9. The van der Waals surface area contributed by atoms with Gasteiger partial charge in [-0.25, -0.2) is 0 Å². The SMILES string of the molecule is CCCCCc1cc(OC)c2cc(NC(C)=O)ccc2n1. The Morgan fingerprint density at radius 1 is 1.29 bits per heavy atom. The standard InChI is InChI=1S/C17H22N2O2/c1-4-5-6-7-13-11-17(21-3)15-10-14(18-12(2)20)8-9-16(15)19-13/h8-11H,4-7H2,1-3H3,(H,18,20). The van der Waals surface area contributed by atoms with Crippen molar-refractivity contribution in [1.82, 2.24) is 4.98 Å². The Balaban J connectivity index is 2.35. The molecule has 1 N–H and O–H groups in total. The number of hydrogen-bond donors (Lipinski definition) is 1. The molecule has 0 aliphatic carbocycles. The lowest BCUT2D eigenvalue weighted by molar-refractivity contribution is -0.114. The quantitative estimate of drug-likeness (QED) is 0.818. The third kappa shape index (κ3) is 3.94. The summed E-state index contributed by atoms with van der Waals surface area (Å²) in [5.74, 6) is 0.719. The maximum absolute atomic E-state index is 11.1. The van der Waals surface area contributed by atoms with Crippen LogP contribution in [0.1, 0.15) is 38.8 Å². The lowest BCUT2D eigenvalue weighted by atomic mass is 10.1. The van der Waals surface area contributed by atoms with Crippen molar-refractivity contribution in [2.45, 2.75) is 39.5 Å². The van der Waals surface area contributed by atoms with E-state index in [9.17, 15) is 4.79 Å². The zero-order chi connectivity index (χ0) is 15.2. The van der Waals surface area contributed by atoms with Gasteiger partial charge in [-0.15, -0.1) is 0 Å². The summed E-state index contributed by atoms with van der Waals surface area (Å²) in [6, 6.07) is 7.69. The fourth-order valence-corrected chi connectivity index (χ4v) is 2.38. The summed E-state index contributed by atoms with van der Waals surface area (Å²) in [4.78, 5) is 15.8. The second-order valence-corrected chi connectivity index (χ2v) is 5.19. The number of unbranched alkanes of at least 4 members (excludes halogenated alkanes) is 2. The normalized spacial score (nSPS) is 10.6. The molecule has 0 aliphatic rings. The van der Waals surface area contributed by atoms with Gasteiger partial charge < -0.3 is 10.1 Å². The van der Waals surface area contributed by atoms with Crippen LogP contribution in [0.15, 0.2) is 24.3 Å². The van der Waals surface area contributed by atoms with Crippen LogP contribution in [0.5, 0.6) is 5.75 Å². The highest BCUT2D eigenvalue weighted by Gasteiger charge is 2.08. The van der Waals surface area contributed by atoms with Crippen LogP contribution in [0.25, 0.3) is 10.9 Å². The van der Waals surface area contributed by atoms with Crippen molar-refractivity contribution in [1.29, 1.82) is 0 Å². The molecule has 0 unspecified atom stereocenters. The molecule has 0 spiro atoms. The summed E-state index contributed by atoms with van der Waals surface area (Å²) in [7, 11) is 1.66. The van der Waals surface area contributed by atoms with Crippen LogP contribution in [-0.2, 0) is 11.2 Å². The van der Waals surface area contributed by atoms with Crippen LogP contribution in [-0.4, -0.2) is 18.0 Å². The predicted molar refractivity (Wildman–Crippen MR) is 85.8 cm³/mol. The van der Waals surface area contributed by atoms with Crippen LogP contribution in [0.2, 0.25) is 0 Å². The van der Waals surface area contributed by atoms with Gasteiger partial charge in [0, 0.05) is 29.8 Å². The molecule has 0 fully saturated rings. The highest BCUT2D eigenvalue weighted by atomic mass is 16.5. The van der Waals surface area contributed by atoms with Gasteiger partial charge in [0.1, 0.15) is 5.75 Å². The molecular weight excluding hydrogens is 264 g/mol. The van der Waals surface area contributed by atoms with Gasteiger partial charge in [0.15, 0.2) is 0 Å². The number of carbonyl (C=O) groups is 1. The van der Waals surface area contributed by atoms with Crippen LogP contribution < -0.4 is 10.1 Å². The summed E-state index contributed by atoms with van der Waals surface area (Å²) in [6.07, 6.45) is 4.52. The average Bonchev–Trinajstić information content (AvgIpc) is 2.46. The number of fused-ring (bicyclic) bond motifs is 1. The maximum atomic E-state index is 11.1. The molecular formula is C17H22N2O2. The first kappa shape index (κ1) is 15.3. The number of benzene rings is 1. The first-order valence-electron chi connectivity index (χ1n) is 7.39. The van der Waals surface area contributed by atoms with Gasteiger partial charge in [-0.1, -0.05) is 19.8 Å². The number of nitrogens with one attached hydrogen (secondary N) is 1. The Kier molecular flexibility index (Phi) is 5.14. The van der Waals surface area contributed by atoms with Gasteiger partial charge in [-0.05, 0) is 31.0 Å². The van der Waals surface area contributed by atoms with E-state index in [1.807, 2.05) is 24.3 Å². The van der Waals surface area contributed by atoms with E-state index in [4.69, 9.17) is 4.74 Å². The first-order chi connectivity index (χ1) is 10.1. The molecule has 21 heavy (non-hydrogen) atoms. The highest BCUT2D eigenvalue weighted by Crippen LogP contribution is 2.28. The highest BCUT2D eigenvalue weighted by molar-refractivity contribution is 5.94. The molecule has 4 nitrogen and oxygen atoms in total. The van der Waals surface area contributed by atoms with Gasteiger partial charge in [0.2, 0.25) is 5.91 Å². The molecule has 2 rings (SSSR count). The third-order valence-electron chi connectivity index (χ3n) is 3.40. The Hall–Kier alpha value is -2.10. The predicted octanol–water partition coefficient (Wildman–Crippen LogP) is 3.93. The Morgan fingerprint density at radius 3 is 2.76 bits per heavy atom. The average molecular weight is 286 g/mol. The van der Waals surface area contributed by atoms with E-state index in [0.29, 0.717) is 0 Å². The van der Waals surface area contributed by atoms with Crippen LogP contribution >= 0.6 is 0 Å². The fourth-order valence-electron chi connectivity index (χ4n) is 2.38. The Labute approximate surface area is 125 Å². The minimum atomic E-state index is -0.0857. The molecule has 112 valence electrons. The molecule has 1 aromatic carbocycles. The smallest absolute Gasteiger partial charge is 0.221 e. The topological polar surface area (TPSA) is 51.2 Å². The lowest BCUT2D eigenvalue weighted by Crippen LogP contribution is -2.05. The molecule has 0 saturated carbocycles. The van der Waals surface area contributed by atoms with Crippen LogP contribution in [0.4, 0.5) is 5.69 Å². The molecule has 2 aromatic rings. The number of methoxy groups -OCH3 is 1.